The number of aromatic amines is 1. The molecule has 8 nitrogen and oxygen atoms in total. The third-order valence-electron chi connectivity index (χ3n) is 6.36. The van der Waals surface area contributed by atoms with E-state index in [-0.39, 0.29) is 12.0 Å². The minimum Gasteiger partial charge on any atom is -0.488 e. The Kier molecular flexibility index (Phi) is 6.26. The lowest BCUT2D eigenvalue weighted by Crippen LogP contribution is -2.42. The van der Waals surface area contributed by atoms with Gasteiger partial charge in [0.15, 0.2) is 0 Å². The Hall–Kier alpha value is -3.39. The number of fused-ring (bicyclic) bond motifs is 1. The van der Waals surface area contributed by atoms with Gasteiger partial charge in [-0.05, 0) is 55.6 Å². The Morgan fingerprint density at radius 3 is 2.85 bits per heavy atom. The number of hydrogen-bond acceptors (Lipinski definition) is 6. The van der Waals surface area contributed by atoms with Crippen LogP contribution in [0.25, 0.3) is 11.3 Å². The summed E-state index contributed by atoms with van der Waals surface area (Å²) in [6, 6.07) is 11.7. The highest BCUT2D eigenvalue weighted by Crippen LogP contribution is 2.34. The van der Waals surface area contributed by atoms with Gasteiger partial charge < -0.3 is 14.8 Å². The van der Waals surface area contributed by atoms with Crippen LogP contribution >= 0.6 is 0 Å². The van der Waals surface area contributed by atoms with E-state index >= 15 is 0 Å². The summed E-state index contributed by atoms with van der Waals surface area (Å²) in [6.45, 7) is 5.39. The lowest BCUT2D eigenvalue weighted by Gasteiger charge is -2.33. The van der Waals surface area contributed by atoms with Crippen LogP contribution < -0.4 is 14.8 Å². The number of pyridine rings is 1. The van der Waals surface area contributed by atoms with Crippen LogP contribution in [0.2, 0.25) is 0 Å². The van der Waals surface area contributed by atoms with Gasteiger partial charge in [0.25, 0.3) is 0 Å². The number of benzene rings is 1. The second kappa shape index (κ2) is 9.62. The van der Waals surface area contributed by atoms with Crippen molar-refractivity contribution in [2.75, 3.05) is 26.2 Å². The van der Waals surface area contributed by atoms with Gasteiger partial charge in [-0.1, -0.05) is 6.07 Å². The van der Waals surface area contributed by atoms with Crippen LogP contribution in [0.5, 0.6) is 17.4 Å². The molecule has 8 heteroatoms. The molecule has 5 rings (SSSR count). The number of H-pyrrole nitrogens is 1. The Morgan fingerprint density at radius 2 is 2.12 bits per heavy atom. The summed E-state index contributed by atoms with van der Waals surface area (Å²) >= 11 is 0. The maximum Gasteiger partial charge on any atom is 0.219 e. The van der Waals surface area contributed by atoms with E-state index < -0.39 is 0 Å². The number of hydrogen-bond donors (Lipinski definition) is 2. The van der Waals surface area contributed by atoms with Crippen molar-refractivity contribution in [3.63, 3.8) is 0 Å². The molecule has 4 heterocycles. The standard InChI is InChI=1S/C25H29N5O3/c1-17(31)26-14-18-7-10-30(11-8-18)16-22-12-19-2-4-21(13-24(19)32-22)33-25-5-3-20(15-27-25)23-6-9-28-29-23/h2-6,9,13,15,18,22H,7-8,10-12,14,16H2,1H3,(H,26,31)(H,28,29). The molecule has 2 N–H and O–H groups in total. The lowest BCUT2D eigenvalue weighted by molar-refractivity contribution is -0.119. The molecule has 0 radical (unpaired) electrons. The zero-order chi connectivity index (χ0) is 22.6. The highest BCUT2D eigenvalue weighted by atomic mass is 16.5. The van der Waals surface area contributed by atoms with E-state index in [1.54, 1.807) is 19.3 Å². The molecule has 0 aliphatic carbocycles. The van der Waals surface area contributed by atoms with Gasteiger partial charge in [0, 0.05) is 56.5 Å². The lowest BCUT2D eigenvalue weighted by atomic mass is 9.96. The zero-order valence-electron chi connectivity index (χ0n) is 18.8. The van der Waals surface area contributed by atoms with Crippen LogP contribution in [0.4, 0.5) is 0 Å². The molecule has 2 aliphatic heterocycles. The van der Waals surface area contributed by atoms with Crippen molar-refractivity contribution in [2.45, 2.75) is 32.3 Å². The molecular weight excluding hydrogens is 418 g/mol. The largest absolute Gasteiger partial charge is 0.488 e. The first-order valence-electron chi connectivity index (χ1n) is 11.5. The van der Waals surface area contributed by atoms with Crippen molar-refractivity contribution in [3.8, 4) is 28.6 Å². The smallest absolute Gasteiger partial charge is 0.219 e. The van der Waals surface area contributed by atoms with Gasteiger partial charge in [-0.25, -0.2) is 4.98 Å². The summed E-state index contributed by atoms with van der Waals surface area (Å²) in [5.74, 6) is 2.78. The van der Waals surface area contributed by atoms with E-state index in [0.717, 1.165) is 68.2 Å². The van der Waals surface area contributed by atoms with Crippen LogP contribution in [0.15, 0.2) is 48.8 Å². The fraction of sp³-hybridized carbons (Fsp3) is 0.400. The van der Waals surface area contributed by atoms with E-state index in [4.69, 9.17) is 9.47 Å². The first-order valence-corrected chi connectivity index (χ1v) is 11.5. The van der Waals surface area contributed by atoms with E-state index in [0.29, 0.717) is 11.8 Å². The molecule has 1 fully saturated rings. The van der Waals surface area contributed by atoms with Crippen molar-refractivity contribution in [1.82, 2.24) is 25.4 Å². The second-order valence-corrected chi connectivity index (χ2v) is 8.85. The number of piperidine rings is 1. The number of ether oxygens (including phenoxy) is 2. The average Bonchev–Trinajstić information content (AvgIpc) is 3.49. The number of carbonyl (C=O) groups excluding carboxylic acids is 1. The van der Waals surface area contributed by atoms with E-state index in [1.165, 1.54) is 5.56 Å². The molecule has 3 aromatic rings. The summed E-state index contributed by atoms with van der Waals surface area (Å²) in [7, 11) is 0. The van der Waals surface area contributed by atoms with Crippen LogP contribution in [0, 0.1) is 5.92 Å². The number of nitrogens with one attached hydrogen (secondary N) is 2. The maximum absolute atomic E-state index is 11.1. The minimum atomic E-state index is 0.0554. The van der Waals surface area contributed by atoms with Crippen LogP contribution in [-0.2, 0) is 11.2 Å². The third kappa shape index (κ3) is 5.34. The van der Waals surface area contributed by atoms with Gasteiger partial charge in [0.1, 0.15) is 17.6 Å². The van der Waals surface area contributed by atoms with E-state index in [9.17, 15) is 4.79 Å². The molecule has 1 aromatic carbocycles. The third-order valence-corrected chi connectivity index (χ3v) is 6.36. The number of carbonyl (C=O) groups is 1. The maximum atomic E-state index is 11.1. The number of amides is 1. The minimum absolute atomic E-state index is 0.0554. The molecule has 0 bridgehead atoms. The highest BCUT2D eigenvalue weighted by Gasteiger charge is 2.27. The van der Waals surface area contributed by atoms with Gasteiger partial charge in [-0.3, -0.25) is 14.8 Å². The molecule has 1 saturated heterocycles. The fourth-order valence-corrected chi connectivity index (χ4v) is 4.53. The van der Waals surface area contributed by atoms with E-state index in [2.05, 4.69) is 31.5 Å². The van der Waals surface area contributed by atoms with Crippen molar-refractivity contribution in [1.29, 1.82) is 0 Å². The summed E-state index contributed by atoms with van der Waals surface area (Å²) in [6.07, 6.45) is 6.79. The monoisotopic (exact) mass is 447 g/mol. The molecule has 1 amide bonds. The molecule has 0 spiro atoms. The summed E-state index contributed by atoms with van der Waals surface area (Å²) in [5.41, 5.74) is 3.09. The van der Waals surface area contributed by atoms with Crippen molar-refractivity contribution in [2.24, 2.45) is 5.92 Å². The SMILES string of the molecule is CC(=O)NCC1CCN(CC2Cc3ccc(Oc4ccc(-c5ccn[nH]5)cn4)cc3O2)CC1. The van der Waals surface area contributed by atoms with Gasteiger partial charge >= 0.3 is 0 Å². The molecular formula is C25H29N5O3. The van der Waals surface area contributed by atoms with Crippen molar-refractivity contribution < 1.29 is 14.3 Å². The van der Waals surface area contributed by atoms with Gasteiger partial charge in [0.05, 0.1) is 5.69 Å². The van der Waals surface area contributed by atoms with Gasteiger partial charge in [-0.15, -0.1) is 0 Å². The number of likely N-dealkylation sites (tertiary alicyclic amines) is 1. The van der Waals surface area contributed by atoms with Crippen molar-refractivity contribution >= 4 is 5.91 Å². The van der Waals surface area contributed by atoms with Gasteiger partial charge in [0.2, 0.25) is 11.8 Å². The fourth-order valence-electron chi connectivity index (χ4n) is 4.53. The number of aromatic nitrogens is 3. The first kappa shape index (κ1) is 21.5. The Labute approximate surface area is 193 Å². The molecule has 2 aromatic heterocycles. The van der Waals surface area contributed by atoms with Crippen LogP contribution in [0.3, 0.4) is 0 Å². The van der Waals surface area contributed by atoms with Crippen LogP contribution in [-0.4, -0.2) is 58.3 Å². The normalized spacial score (nSPS) is 18.5. The highest BCUT2D eigenvalue weighted by molar-refractivity contribution is 5.72. The molecule has 172 valence electrons. The van der Waals surface area contributed by atoms with Gasteiger partial charge in [-0.2, -0.15) is 5.10 Å². The Morgan fingerprint density at radius 1 is 1.24 bits per heavy atom. The molecule has 1 unspecified atom stereocenters. The van der Waals surface area contributed by atoms with Crippen molar-refractivity contribution in [3.05, 3.63) is 54.4 Å². The first-order chi connectivity index (χ1) is 16.1. The molecule has 33 heavy (non-hydrogen) atoms. The summed E-state index contributed by atoms with van der Waals surface area (Å²) in [4.78, 5) is 18.0. The average molecular weight is 448 g/mol. The predicted molar refractivity (Wildman–Crippen MR) is 124 cm³/mol. The molecule has 2 aliphatic rings. The Balaban J connectivity index is 1.13. The number of nitrogens with zero attached hydrogens (tertiary/aromatic N) is 3. The molecule has 0 saturated carbocycles. The van der Waals surface area contributed by atoms with E-state index in [1.807, 2.05) is 30.3 Å². The molecule has 1 atom stereocenters. The number of rotatable bonds is 7. The predicted octanol–water partition coefficient (Wildman–Crippen LogP) is 3.42. The zero-order valence-corrected chi connectivity index (χ0v) is 18.8. The summed E-state index contributed by atoms with van der Waals surface area (Å²) in [5, 5.41) is 9.84. The summed E-state index contributed by atoms with van der Waals surface area (Å²) < 4.78 is 12.2. The topological polar surface area (TPSA) is 92.4 Å². The second-order valence-electron chi connectivity index (χ2n) is 8.85. The van der Waals surface area contributed by atoms with Crippen LogP contribution in [0.1, 0.15) is 25.3 Å². The Bertz CT molecular complexity index is 1080. The quantitative estimate of drug-likeness (QED) is 0.577.